The summed E-state index contributed by atoms with van der Waals surface area (Å²) in [4.78, 5) is 26.0. The highest BCUT2D eigenvalue weighted by Crippen LogP contribution is 1.98. The summed E-state index contributed by atoms with van der Waals surface area (Å²) in [7, 11) is 0. The lowest BCUT2D eigenvalue weighted by Gasteiger charge is -2.08. The maximum Gasteiger partial charge on any atom is 0.349 e. The number of hydrogen-bond donors (Lipinski definition) is 1. The number of carbonyl (C=O) groups excluding carboxylic acids is 2. The van der Waals surface area contributed by atoms with Crippen molar-refractivity contribution in [1.29, 1.82) is 0 Å². The molecule has 0 aromatic heterocycles. The fourth-order valence-corrected chi connectivity index (χ4v) is 0.641. The number of terminal acetylenes is 1. The molecular formula is C6H6N2O3. The molecule has 0 unspecified atom stereocenters. The van der Waals surface area contributed by atoms with Crippen molar-refractivity contribution in [2.75, 3.05) is 13.2 Å². The van der Waals surface area contributed by atoms with E-state index in [2.05, 4.69) is 16.1 Å². The van der Waals surface area contributed by atoms with Gasteiger partial charge in [-0.15, -0.1) is 11.5 Å². The predicted octanol–water partition coefficient (Wildman–Crippen LogP) is -0.897. The van der Waals surface area contributed by atoms with Gasteiger partial charge in [-0.3, -0.25) is 4.79 Å². The highest BCUT2D eigenvalue weighted by molar-refractivity contribution is 6.00. The lowest BCUT2D eigenvalue weighted by molar-refractivity contribution is -0.157. The molecule has 0 aromatic carbocycles. The molecular weight excluding hydrogens is 148 g/mol. The number of imide groups is 1. The third-order valence-electron chi connectivity index (χ3n) is 1.08. The van der Waals surface area contributed by atoms with Crippen LogP contribution in [0.25, 0.3) is 0 Å². The van der Waals surface area contributed by atoms with E-state index in [4.69, 9.17) is 6.42 Å². The standard InChI is InChI=1S/C6H6N2O3/c1-2-3-11-8-5(9)4-7-6(8)10/h1H,3-4H2,(H,7,10). The second kappa shape index (κ2) is 3.03. The molecule has 1 aliphatic rings. The van der Waals surface area contributed by atoms with Gasteiger partial charge in [0.15, 0.2) is 0 Å². The van der Waals surface area contributed by atoms with E-state index >= 15 is 0 Å². The number of amides is 3. The minimum absolute atomic E-state index is 0.0244. The minimum atomic E-state index is -0.565. The molecule has 1 fully saturated rings. The van der Waals surface area contributed by atoms with Gasteiger partial charge in [0.2, 0.25) is 0 Å². The zero-order chi connectivity index (χ0) is 8.27. The van der Waals surface area contributed by atoms with Crippen LogP contribution in [-0.2, 0) is 9.63 Å². The molecule has 0 aliphatic carbocycles. The van der Waals surface area contributed by atoms with Crippen LogP contribution in [-0.4, -0.2) is 30.2 Å². The van der Waals surface area contributed by atoms with E-state index in [0.717, 1.165) is 0 Å². The van der Waals surface area contributed by atoms with Crippen molar-refractivity contribution in [3.8, 4) is 12.3 Å². The first-order chi connectivity index (χ1) is 5.25. The molecule has 0 bridgehead atoms. The summed E-state index contributed by atoms with van der Waals surface area (Å²) in [6, 6.07) is -0.565. The van der Waals surface area contributed by atoms with E-state index in [1.54, 1.807) is 0 Å². The van der Waals surface area contributed by atoms with Crippen LogP contribution in [0.1, 0.15) is 0 Å². The van der Waals surface area contributed by atoms with E-state index < -0.39 is 11.9 Å². The Balaban J connectivity index is 2.49. The molecule has 1 N–H and O–H groups in total. The quantitative estimate of drug-likeness (QED) is 0.414. The monoisotopic (exact) mass is 154 g/mol. The fraction of sp³-hybridized carbons (Fsp3) is 0.333. The zero-order valence-corrected chi connectivity index (χ0v) is 5.66. The highest BCUT2D eigenvalue weighted by atomic mass is 16.7. The summed E-state index contributed by atoms with van der Waals surface area (Å²) in [5, 5.41) is 2.90. The Morgan fingerprint density at radius 2 is 2.45 bits per heavy atom. The van der Waals surface area contributed by atoms with Gasteiger partial charge in [0.05, 0.1) is 0 Å². The first-order valence-corrected chi connectivity index (χ1v) is 2.93. The Kier molecular flexibility index (Phi) is 2.09. The van der Waals surface area contributed by atoms with Gasteiger partial charge < -0.3 is 5.32 Å². The summed E-state index contributed by atoms with van der Waals surface area (Å²) >= 11 is 0. The number of urea groups is 1. The van der Waals surface area contributed by atoms with Gasteiger partial charge in [0, 0.05) is 0 Å². The van der Waals surface area contributed by atoms with Crippen molar-refractivity contribution in [3.05, 3.63) is 0 Å². The average Bonchev–Trinajstić information content (AvgIpc) is 2.29. The van der Waals surface area contributed by atoms with Crippen molar-refractivity contribution in [1.82, 2.24) is 10.4 Å². The molecule has 0 aromatic rings. The molecule has 5 heteroatoms. The van der Waals surface area contributed by atoms with Crippen LogP contribution in [0.3, 0.4) is 0 Å². The largest absolute Gasteiger partial charge is 0.349 e. The molecule has 1 rings (SSSR count). The lowest BCUT2D eigenvalue weighted by Crippen LogP contribution is -2.31. The lowest BCUT2D eigenvalue weighted by atomic mass is 10.6. The van der Waals surface area contributed by atoms with E-state index in [0.29, 0.717) is 5.06 Å². The number of nitrogens with zero attached hydrogens (tertiary/aromatic N) is 1. The molecule has 0 spiro atoms. The molecule has 0 atom stereocenters. The molecule has 1 saturated heterocycles. The van der Waals surface area contributed by atoms with E-state index in [1.807, 2.05) is 0 Å². The zero-order valence-electron chi connectivity index (χ0n) is 5.66. The van der Waals surface area contributed by atoms with Gasteiger partial charge in [0.25, 0.3) is 5.91 Å². The van der Waals surface area contributed by atoms with Gasteiger partial charge in [-0.25, -0.2) is 9.63 Å². The van der Waals surface area contributed by atoms with E-state index in [-0.39, 0.29) is 13.2 Å². The first kappa shape index (κ1) is 7.57. The molecule has 58 valence electrons. The van der Waals surface area contributed by atoms with Gasteiger partial charge in [0.1, 0.15) is 13.2 Å². The van der Waals surface area contributed by atoms with E-state index in [9.17, 15) is 9.59 Å². The van der Waals surface area contributed by atoms with Crippen LogP contribution in [0.4, 0.5) is 4.79 Å². The number of hydroxylamine groups is 2. The molecule has 5 nitrogen and oxygen atoms in total. The van der Waals surface area contributed by atoms with Crippen LogP contribution < -0.4 is 5.32 Å². The number of carbonyl (C=O) groups is 2. The Labute approximate surface area is 63.3 Å². The third-order valence-corrected chi connectivity index (χ3v) is 1.08. The molecule has 1 aliphatic heterocycles. The van der Waals surface area contributed by atoms with Crippen LogP contribution >= 0.6 is 0 Å². The summed E-state index contributed by atoms with van der Waals surface area (Å²) in [5.74, 6) is 1.71. The second-order valence-corrected chi connectivity index (χ2v) is 1.82. The highest BCUT2D eigenvalue weighted by Gasteiger charge is 2.29. The van der Waals surface area contributed by atoms with Crippen molar-refractivity contribution in [2.24, 2.45) is 0 Å². The molecule has 0 saturated carbocycles. The first-order valence-electron chi connectivity index (χ1n) is 2.93. The van der Waals surface area contributed by atoms with Crippen molar-refractivity contribution >= 4 is 11.9 Å². The Hall–Kier alpha value is -1.54. The van der Waals surface area contributed by atoms with Crippen LogP contribution in [0.15, 0.2) is 0 Å². The number of rotatable bonds is 2. The molecule has 11 heavy (non-hydrogen) atoms. The number of nitrogens with one attached hydrogen (secondary N) is 1. The van der Waals surface area contributed by atoms with Crippen molar-refractivity contribution in [3.63, 3.8) is 0 Å². The van der Waals surface area contributed by atoms with Crippen molar-refractivity contribution < 1.29 is 14.4 Å². The Morgan fingerprint density at radius 3 is 2.91 bits per heavy atom. The average molecular weight is 154 g/mol. The third kappa shape index (κ3) is 1.48. The van der Waals surface area contributed by atoms with Crippen LogP contribution in [0, 0.1) is 12.3 Å². The molecule has 0 radical (unpaired) electrons. The molecule has 1 heterocycles. The molecule has 3 amide bonds. The topological polar surface area (TPSA) is 58.6 Å². The SMILES string of the molecule is C#CCON1C(=O)CNC1=O. The van der Waals surface area contributed by atoms with Gasteiger partial charge >= 0.3 is 6.03 Å². The van der Waals surface area contributed by atoms with Crippen LogP contribution in [0.5, 0.6) is 0 Å². The van der Waals surface area contributed by atoms with Gasteiger partial charge in [-0.2, -0.15) is 0 Å². The maximum absolute atomic E-state index is 10.7. The van der Waals surface area contributed by atoms with Gasteiger partial charge in [-0.05, 0) is 0 Å². The Bertz CT molecular complexity index is 214. The van der Waals surface area contributed by atoms with Crippen LogP contribution in [0.2, 0.25) is 0 Å². The smallest absolute Gasteiger partial charge is 0.327 e. The predicted molar refractivity (Wildman–Crippen MR) is 35.0 cm³/mol. The summed E-state index contributed by atoms with van der Waals surface area (Å²) < 4.78 is 0. The fourth-order valence-electron chi connectivity index (χ4n) is 0.641. The van der Waals surface area contributed by atoms with Gasteiger partial charge in [-0.1, -0.05) is 5.92 Å². The maximum atomic E-state index is 10.7. The minimum Gasteiger partial charge on any atom is -0.327 e. The van der Waals surface area contributed by atoms with E-state index in [1.165, 1.54) is 0 Å². The summed E-state index contributed by atoms with van der Waals surface area (Å²) in [6.45, 7) is -0.109. The second-order valence-electron chi connectivity index (χ2n) is 1.82. The Morgan fingerprint density at radius 1 is 1.73 bits per heavy atom. The number of hydrogen-bond acceptors (Lipinski definition) is 3. The summed E-state index contributed by atoms with van der Waals surface area (Å²) in [5.41, 5.74) is 0. The normalized spacial score (nSPS) is 16.5. The van der Waals surface area contributed by atoms with Crippen molar-refractivity contribution in [2.45, 2.75) is 0 Å². The summed E-state index contributed by atoms with van der Waals surface area (Å²) in [6.07, 6.45) is 4.85.